The number of hydrogen-bond donors (Lipinski definition) is 0. The number of esters is 1. The summed E-state index contributed by atoms with van der Waals surface area (Å²) in [6, 6.07) is 11.1. The molecule has 3 nitrogen and oxygen atoms in total. The Labute approximate surface area is 102 Å². The highest BCUT2D eigenvalue weighted by Crippen LogP contribution is 2.32. The van der Waals surface area contributed by atoms with E-state index in [1.54, 1.807) is 0 Å². The number of carbonyl (C=O) groups excluding carboxylic acids is 1. The Bertz CT molecular complexity index is 413. The van der Waals surface area contributed by atoms with E-state index in [1.165, 1.54) is 18.7 Å². The molecule has 1 aliphatic heterocycles. The molecule has 0 aromatic heterocycles. The second-order valence-corrected chi connectivity index (χ2v) is 4.23. The summed E-state index contributed by atoms with van der Waals surface area (Å²) in [5.74, 6) is -0.288. The van der Waals surface area contributed by atoms with Crippen LogP contribution in [0.3, 0.4) is 0 Å². The van der Waals surface area contributed by atoms with Crippen LogP contribution in [0.5, 0.6) is 0 Å². The van der Waals surface area contributed by atoms with Gasteiger partial charge in [0.1, 0.15) is 0 Å². The van der Waals surface area contributed by atoms with E-state index in [9.17, 15) is 4.79 Å². The second-order valence-electron chi connectivity index (χ2n) is 4.23. The molecule has 1 heterocycles. The molecule has 0 spiro atoms. The van der Waals surface area contributed by atoms with Gasteiger partial charge in [-0.3, -0.25) is 4.90 Å². The van der Waals surface area contributed by atoms with Crippen LogP contribution in [-0.4, -0.2) is 30.6 Å². The van der Waals surface area contributed by atoms with Crippen LogP contribution in [0.4, 0.5) is 0 Å². The maximum absolute atomic E-state index is 11.0. The fourth-order valence-electron chi connectivity index (χ4n) is 1.97. The molecular formula is C14H17NO2. The van der Waals surface area contributed by atoms with Gasteiger partial charge in [-0.1, -0.05) is 36.4 Å². The molecule has 0 saturated carbocycles. The zero-order chi connectivity index (χ0) is 12.3. The van der Waals surface area contributed by atoms with Crippen molar-refractivity contribution in [3.63, 3.8) is 0 Å². The number of rotatable bonds is 4. The zero-order valence-electron chi connectivity index (χ0n) is 10.2. The lowest BCUT2D eigenvalue weighted by atomic mass is 10.1. The van der Waals surface area contributed by atoms with Gasteiger partial charge in [-0.25, -0.2) is 4.79 Å². The van der Waals surface area contributed by atoms with E-state index in [0.717, 1.165) is 6.54 Å². The molecule has 1 saturated heterocycles. The molecule has 3 heteroatoms. The lowest BCUT2D eigenvalue weighted by molar-refractivity contribution is -0.134. The molecule has 1 fully saturated rings. The van der Waals surface area contributed by atoms with E-state index < -0.39 is 0 Å². The summed E-state index contributed by atoms with van der Waals surface area (Å²) in [4.78, 5) is 13.3. The van der Waals surface area contributed by atoms with Crippen molar-refractivity contribution in [3.05, 3.63) is 48.0 Å². The number of carbonyl (C=O) groups is 1. The number of methoxy groups -OCH3 is 1. The van der Waals surface area contributed by atoms with Crippen LogP contribution in [0, 0.1) is 0 Å². The Morgan fingerprint density at radius 1 is 1.47 bits per heavy atom. The van der Waals surface area contributed by atoms with Crippen molar-refractivity contribution in [1.29, 1.82) is 0 Å². The third-order valence-electron chi connectivity index (χ3n) is 3.13. The first kappa shape index (κ1) is 11.9. The minimum atomic E-state index is -0.288. The Morgan fingerprint density at radius 2 is 2.18 bits per heavy atom. The quantitative estimate of drug-likeness (QED) is 0.452. The molecule has 1 aliphatic rings. The van der Waals surface area contributed by atoms with Crippen molar-refractivity contribution in [2.45, 2.75) is 19.0 Å². The van der Waals surface area contributed by atoms with E-state index in [-0.39, 0.29) is 5.97 Å². The third-order valence-corrected chi connectivity index (χ3v) is 3.13. The Morgan fingerprint density at radius 3 is 2.82 bits per heavy atom. The smallest absolute Gasteiger partial charge is 0.330 e. The van der Waals surface area contributed by atoms with Crippen LogP contribution in [0.15, 0.2) is 42.5 Å². The molecule has 0 aliphatic carbocycles. The molecule has 1 aromatic carbocycles. The largest absolute Gasteiger partial charge is 0.466 e. The van der Waals surface area contributed by atoms with Crippen molar-refractivity contribution in [3.8, 4) is 0 Å². The van der Waals surface area contributed by atoms with Gasteiger partial charge in [0.05, 0.1) is 7.11 Å². The SMILES string of the molecule is COC(=O)/C=C\[C@@H]1CN1[C@H](C)c1ccccc1. The topological polar surface area (TPSA) is 29.3 Å². The first-order chi connectivity index (χ1) is 8.22. The van der Waals surface area contributed by atoms with Crippen LogP contribution in [0.2, 0.25) is 0 Å². The van der Waals surface area contributed by atoms with E-state index in [2.05, 4.69) is 40.8 Å². The molecule has 0 radical (unpaired) electrons. The van der Waals surface area contributed by atoms with Crippen LogP contribution in [-0.2, 0) is 9.53 Å². The van der Waals surface area contributed by atoms with Gasteiger partial charge in [0.25, 0.3) is 0 Å². The number of hydrogen-bond acceptors (Lipinski definition) is 3. The van der Waals surface area contributed by atoms with E-state index in [4.69, 9.17) is 0 Å². The van der Waals surface area contributed by atoms with E-state index in [1.807, 2.05) is 12.1 Å². The predicted octanol–water partition coefficient (Wildman–Crippen LogP) is 2.16. The maximum Gasteiger partial charge on any atom is 0.330 e. The molecule has 17 heavy (non-hydrogen) atoms. The number of ether oxygens (including phenoxy) is 1. The monoisotopic (exact) mass is 231 g/mol. The summed E-state index contributed by atoms with van der Waals surface area (Å²) in [5, 5.41) is 0. The average molecular weight is 231 g/mol. The van der Waals surface area contributed by atoms with Crippen LogP contribution in [0.25, 0.3) is 0 Å². The van der Waals surface area contributed by atoms with Crippen molar-refractivity contribution < 1.29 is 9.53 Å². The minimum absolute atomic E-state index is 0.288. The highest BCUT2D eigenvalue weighted by atomic mass is 16.5. The van der Waals surface area contributed by atoms with Crippen molar-refractivity contribution in [2.75, 3.05) is 13.7 Å². The van der Waals surface area contributed by atoms with Crippen molar-refractivity contribution in [1.82, 2.24) is 4.90 Å². The lowest BCUT2D eigenvalue weighted by Gasteiger charge is -2.13. The molecule has 1 unspecified atom stereocenters. The average Bonchev–Trinajstić information content (AvgIpc) is 3.15. The Hall–Kier alpha value is -1.61. The first-order valence-corrected chi connectivity index (χ1v) is 5.79. The molecular weight excluding hydrogens is 214 g/mol. The standard InChI is InChI=1S/C14H17NO2/c1-11(12-6-4-3-5-7-12)15-10-13(15)8-9-14(16)17-2/h3-9,11,13H,10H2,1-2H3/b9-8-/t11-,13-,15?/m1/s1. The summed E-state index contributed by atoms with van der Waals surface area (Å²) in [6.07, 6.45) is 3.41. The van der Waals surface area contributed by atoms with Crippen LogP contribution < -0.4 is 0 Å². The highest BCUT2D eigenvalue weighted by molar-refractivity contribution is 5.81. The number of benzene rings is 1. The second kappa shape index (κ2) is 5.15. The Kier molecular flexibility index (Phi) is 3.59. The molecule has 1 aromatic rings. The fraction of sp³-hybridized carbons (Fsp3) is 0.357. The summed E-state index contributed by atoms with van der Waals surface area (Å²) >= 11 is 0. The summed E-state index contributed by atoms with van der Waals surface area (Å²) in [7, 11) is 1.39. The van der Waals surface area contributed by atoms with Crippen molar-refractivity contribution in [2.24, 2.45) is 0 Å². The van der Waals surface area contributed by atoms with Gasteiger partial charge in [0, 0.05) is 24.7 Å². The lowest BCUT2D eigenvalue weighted by Crippen LogP contribution is -2.07. The van der Waals surface area contributed by atoms with Crippen molar-refractivity contribution >= 4 is 5.97 Å². The van der Waals surface area contributed by atoms with Crippen LogP contribution in [0.1, 0.15) is 18.5 Å². The van der Waals surface area contributed by atoms with Gasteiger partial charge in [-0.2, -0.15) is 0 Å². The van der Waals surface area contributed by atoms with Gasteiger partial charge < -0.3 is 4.74 Å². The predicted molar refractivity (Wildman–Crippen MR) is 66.5 cm³/mol. The van der Waals surface area contributed by atoms with Gasteiger partial charge in [0.15, 0.2) is 0 Å². The third kappa shape index (κ3) is 2.94. The molecule has 3 atom stereocenters. The van der Waals surface area contributed by atoms with Gasteiger partial charge >= 0.3 is 5.97 Å². The van der Waals surface area contributed by atoms with E-state index >= 15 is 0 Å². The first-order valence-electron chi connectivity index (χ1n) is 5.79. The zero-order valence-corrected chi connectivity index (χ0v) is 10.2. The summed E-state index contributed by atoms with van der Waals surface area (Å²) in [6.45, 7) is 3.19. The highest BCUT2D eigenvalue weighted by Gasteiger charge is 2.36. The van der Waals surface area contributed by atoms with Gasteiger partial charge in [0.2, 0.25) is 0 Å². The Balaban J connectivity index is 1.91. The normalized spacial score (nSPS) is 24.6. The molecule has 2 rings (SSSR count). The maximum atomic E-state index is 11.0. The summed E-state index contributed by atoms with van der Waals surface area (Å²) < 4.78 is 4.56. The summed E-state index contributed by atoms with van der Waals surface area (Å²) in [5.41, 5.74) is 1.31. The molecule has 0 amide bonds. The van der Waals surface area contributed by atoms with Gasteiger partial charge in [-0.05, 0) is 12.5 Å². The number of nitrogens with zero attached hydrogens (tertiary/aromatic N) is 1. The fourth-order valence-corrected chi connectivity index (χ4v) is 1.97. The molecule has 0 bridgehead atoms. The van der Waals surface area contributed by atoms with Crippen LogP contribution >= 0.6 is 0 Å². The van der Waals surface area contributed by atoms with Gasteiger partial charge in [-0.15, -0.1) is 0 Å². The van der Waals surface area contributed by atoms with E-state index in [0.29, 0.717) is 12.1 Å². The molecule has 0 N–H and O–H groups in total. The minimum Gasteiger partial charge on any atom is -0.466 e. The molecule has 90 valence electrons.